The number of aliphatic hydroxyl groups excluding tert-OH is 1. The lowest BCUT2D eigenvalue weighted by Gasteiger charge is -2.44. The van der Waals surface area contributed by atoms with Crippen molar-refractivity contribution in [3.05, 3.63) is 36.5 Å². The number of hydrogen-bond acceptors (Lipinski definition) is 4. The summed E-state index contributed by atoms with van der Waals surface area (Å²) in [6.45, 7) is 17.3. The summed E-state index contributed by atoms with van der Waals surface area (Å²) >= 11 is 0. The second-order valence-electron chi connectivity index (χ2n) is 8.54. The lowest BCUT2D eigenvalue weighted by atomic mass is 9.61. The van der Waals surface area contributed by atoms with E-state index in [0.29, 0.717) is 12.3 Å². The topological polar surface area (TPSA) is 66.8 Å². The van der Waals surface area contributed by atoms with E-state index in [1.165, 1.54) is 6.92 Å². The van der Waals surface area contributed by atoms with Crippen molar-refractivity contribution in [1.29, 1.82) is 0 Å². The molecule has 4 atom stereocenters. The Balaban J connectivity index is 3.01. The van der Waals surface area contributed by atoms with Gasteiger partial charge in [-0.05, 0) is 69.3 Å². The second kappa shape index (κ2) is 9.01. The van der Waals surface area contributed by atoms with Crippen LogP contribution in [0.5, 0.6) is 0 Å². The molecule has 4 nitrogen and oxygen atoms in total. The molecule has 0 aliphatic heterocycles. The highest BCUT2D eigenvalue weighted by atomic mass is 16.5. The first kappa shape index (κ1) is 22.7. The van der Waals surface area contributed by atoms with Crippen molar-refractivity contribution in [1.82, 2.24) is 0 Å². The Bertz CT molecular complexity index is 555. The number of esters is 1. The Hall–Kier alpha value is -1.39. The van der Waals surface area contributed by atoms with E-state index >= 15 is 0 Å². The number of ether oxygens (including phenoxy) is 1. The van der Waals surface area contributed by atoms with E-state index in [9.17, 15) is 15.0 Å². The zero-order chi connectivity index (χ0) is 20.1. The molecule has 0 aromatic carbocycles. The Morgan fingerprint density at radius 2 is 2.04 bits per heavy atom. The van der Waals surface area contributed by atoms with Crippen LogP contribution in [-0.4, -0.2) is 34.5 Å². The van der Waals surface area contributed by atoms with Crippen molar-refractivity contribution >= 4 is 5.97 Å². The highest BCUT2D eigenvalue weighted by molar-refractivity contribution is 5.66. The average Bonchev–Trinajstić information content (AvgIpc) is 2.54. The Morgan fingerprint density at radius 1 is 1.42 bits per heavy atom. The molecule has 0 radical (unpaired) electrons. The molecular formula is C22H36O4. The van der Waals surface area contributed by atoms with Crippen LogP contribution in [0.1, 0.15) is 60.3 Å². The molecule has 1 fully saturated rings. The van der Waals surface area contributed by atoms with E-state index in [1.807, 2.05) is 12.2 Å². The normalized spacial score (nSPS) is 28.3. The summed E-state index contributed by atoms with van der Waals surface area (Å²) < 4.78 is 5.26. The molecule has 0 saturated heterocycles. The number of carbonyl (C=O) groups excluding carboxylic acids is 1. The van der Waals surface area contributed by atoms with Crippen LogP contribution in [0.3, 0.4) is 0 Å². The Kier molecular flexibility index (Phi) is 7.85. The summed E-state index contributed by atoms with van der Waals surface area (Å²) in [5.41, 5.74) is 1.01. The van der Waals surface area contributed by atoms with Gasteiger partial charge in [-0.15, -0.1) is 6.58 Å². The number of carbonyl (C=O) groups is 1. The fourth-order valence-corrected chi connectivity index (χ4v) is 3.76. The van der Waals surface area contributed by atoms with Gasteiger partial charge in [0.2, 0.25) is 0 Å². The molecule has 148 valence electrons. The molecule has 1 aliphatic carbocycles. The van der Waals surface area contributed by atoms with E-state index in [4.69, 9.17) is 4.74 Å². The van der Waals surface area contributed by atoms with Gasteiger partial charge < -0.3 is 14.9 Å². The summed E-state index contributed by atoms with van der Waals surface area (Å²) in [4.78, 5) is 11.3. The standard InChI is InChI=1S/C22H36O4/c1-8-22(7)12-11-17(13-19(22)15(2)3)18(14-26-16(4)23)9-10-20(24)21(5,6)25/h8-9,17,19-20,24-25H,1-2,10-14H2,3-7H3/b18-9+/t17-,19+,20+,22-/m0/s1. The van der Waals surface area contributed by atoms with Gasteiger partial charge in [-0.3, -0.25) is 4.79 Å². The van der Waals surface area contributed by atoms with Crippen LogP contribution in [-0.2, 0) is 9.53 Å². The molecule has 1 rings (SSSR count). The molecule has 0 bridgehead atoms. The van der Waals surface area contributed by atoms with Gasteiger partial charge in [0.1, 0.15) is 6.61 Å². The predicted molar refractivity (Wildman–Crippen MR) is 106 cm³/mol. The molecule has 0 aromatic heterocycles. The molecule has 1 aliphatic rings. The molecule has 2 N–H and O–H groups in total. The summed E-state index contributed by atoms with van der Waals surface area (Å²) in [6, 6.07) is 0. The third-order valence-corrected chi connectivity index (χ3v) is 5.79. The first-order valence-corrected chi connectivity index (χ1v) is 9.42. The van der Waals surface area contributed by atoms with Crippen LogP contribution in [0.15, 0.2) is 36.5 Å². The third-order valence-electron chi connectivity index (χ3n) is 5.79. The van der Waals surface area contributed by atoms with Crippen LogP contribution in [0.4, 0.5) is 0 Å². The fourth-order valence-electron chi connectivity index (χ4n) is 3.76. The predicted octanol–water partition coefficient (Wildman–Crippen LogP) is 4.18. The number of allylic oxidation sites excluding steroid dienone is 2. The van der Waals surface area contributed by atoms with Crippen molar-refractivity contribution in [2.75, 3.05) is 6.61 Å². The van der Waals surface area contributed by atoms with Gasteiger partial charge in [-0.25, -0.2) is 0 Å². The fraction of sp³-hybridized carbons (Fsp3) is 0.682. The molecule has 0 spiro atoms. The highest BCUT2D eigenvalue weighted by Crippen LogP contribution is 2.49. The van der Waals surface area contributed by atoms with Crippen molar-refractivity contribution in [3.63, 3.8) is 0 Å². The number of hydrogen-bond donors (Lipinski definition) is 2. The largest absolute Gasteiger partial charge is 0.461 e. The lowest BCUT2D eigenvalue weighted by molar-refractivity contribution is -0.140. The second-order valence-corrected chi connectivity index (χ2v) is 8.54. The minimum atomic E-state index is -1.17. The molecule has 0 unspecified atom stereocenters. The zero-order valence-electron chi connectivity index (χ0n) is 17.0. The minimum absolute atomic E-state index is 0.0292. The maximum Gasteiger partial charge on any atom is 0.302 e. The zero-order valence-corrected chi connectivity index (χ0v) is 17.0. The van der Waals surface area contributed by atoms with E-state index in [1.54, 1.807) is 13.8 Å². The minimum Gasteiger partial charge on any atom is -0.461 e. The summed E-state index contributed by atoms with van der Waals surface area (Å²) in [5, 5.41) is 20.1. The highest BCUT2D eigenvalue weighted by Gasteiger charge is 2.39. The molecule has 0 aromatic rings. The first-order valence-electron chi connectivity index (χ1n) is 9.42. The molecular weight excluding hydrogens is 328 g/mol. The Morgan fingerprint density at radius 3 is 2.50 bits per heavy atom. The van der Waals surface area contributed by atoms with Crippen LogP contribution in [0, 0.1) is 17.3 Å². The van der Waals surface area contributed by atoms with E-state index < -0.39 is 11.7 Å². The van der Waals surface area contributed by atoms with Gasteiger partial charge in [0.25, 0.3) is 0 Å². The van der Waals surface area contributed by atoms with Gasteiger partial charge in [-0.2, -0.15) is 0 Å². The smallest absolute Gasteiger partial charge is 0.302 e. The van der Waals surface area contributed by atoms with Gasteiger partial charge >= 0.3 is 5.97 Å². The van der Waals surface area contributed by atoms with Gasteiger partial charge in [-0.1, -0.05) is 31.2 Å². The van der Waals surface area contributed by atoms with E-state index in [-0.39, 0.29) is 23.9 Å². The molecule has 0 amide bonds. The number of rotatable bonds is 8. The summed E-state index contributed by atoms with van der Waals surface area (Å²) in [5.74, 6) is 0.263. The van der Waals surface area contributed by atoms with Crippen LogP contribution >= 0.6 is 0 Å². The van der Waals surface area contributed by atoms with Crippen molar-refractivity contribution in [2.45, 2.75) is 72.0 Å². The molecule has 1 saturated carbocycles. The lowest BCUT2D eigenvalue weighted by Crippen LogP contribution is -2.36. The first-order chi connectivity index (χ1) is 11.9. The maximum absolute atomic E-state index is 11.3. The van der Waals surface area contributed by atoms with Gasteiger partial charge in [0.15, 0.2) is 0 Å². The molecule has 4 heteroatoms. The van der Waals surface area contributed by atoms with Crippen molar-refractivity contribution in [2.24, 2.45) is 17.3 Å². The van der Waals surface area contributed by atoms with E-state index in [2.05, 4.69) is 27.0 Å². The molecule has 0 heterocycles. The Labute approximate surface area is 158 Å². The van der Waals surface area contributed by atoms with Gasteiger partial charge in [0.05, 0.1) is 11.7 Å². The average molecular weight is 365 g/mol. The van der Waals surface area contributed by atoms with Crippen LogP contribution in [0.2, 0.25) is 0 Å². The van der Waals surface area contributed by atoms with Crippen molar-refractivity contribution < 1.29 is 19.7 Å². The maximum atomic E-state index is 11.3. The summed E-state index contributed by atoms with van der Waals surface area (Å²) in [7, 11) is 0. The monoisotopic (exact) mass is 364 g/mol. The number of aliphatic hydroxyl groups is 2. The summed E-state index contributed by atoms with van der Waals surface area (Å²) in [6.07, 6.45) is 6.31. The quantitative estimate of drug-likeness (QED) is 0.501. The third kappa shape index (κ3) is 6.10. The van der Waals surface area contributed by atoms with Crippen molar-refractivity contribution in [3.8, 4) is 0 Å². The van der Waals surface area contributed by atoms with Crippen LogP contribution in [0.25, 0.3) is 0 Å². The van der Waals surface area contributed by atoms with Gasteiger partial charge in [0, 0.05) is 6.92 Å². The van der Waals surface area contributed by atoms with Crippen LogP contribution < -0.4 is 0 Å². The van der Waals surface area contributed by atoms with E-state index in [0.717, 1.165) is 30.4 Å². The molecule has 26 heavy (non-hydrogen) atoms. The SMILES string of the molecule is C=C[C@@]1(C)CC[C@H](/C(=C/C[C@@H](O)C(C)(C)O)COC(C)=O)C[C@@H]1C(=C)C.